The van der Waals surface area contributed by atoms with Crippen LogP contribution in [0.15, 0.2) is 29.2 Å². The number of H-pyrrole nitrogens is 1. The van der Waals surface area contributed by atoms with E-state index in [9.17, 15) is 14.0 Å². The van der Waals surface area contributed by atoms with Gasteiger partial charge in [0.25, 0.3) is 5.56 Å². The summed E-state index contributed by atoms with van der Waals surface area (Å²) < 4.78 is 19.1. The van der Waals surface area contributed by atoms with Gasteiger partial charge in [0.1, 0.15) is 16.1 Å². The number of pyridine rings is 1. The van der Waals surface area contributed by atoms with Crippen molar-refractivity contribution < 1.29 is 13.9 Å². The summed E-state index contributed by atoms with van der Waals surface area (Å²) in [6.45, 7) is 7.18. The second-order valence-electron chi connectivity index (χ2n) is 7.25. The van der Waals surface area contributed by atoms with E-state index < -0.39 is 23.7 Å². The lowest BCUT2D eigenvalue weighted by atomic mass is 10.2. The molecule has 1 atom stereocenters. The van der Waals surface area contributed by atoms with Crippen LogP contribution in [0, 0.1) is 5.95 Å². The van der Waals surface area contributed by atoms with Gasteiger partial charge in [0.05, 0.1) is 11.6 Å². The molecule has 0 saturated heterocycles. The van der Waals surface area contributed by atoms with E-state index >= 15 is 0 Å². The van der Waals surface area contributed by atoms with Crippen LogP contribution in [0.1, 0.15) is 46.0 Å². The maximum atomic E-state index is 13.4. The van der Waals surface area contributed by atoms with Crippen LogP contribution in [-0.4, -0.2) is 26.6 Å². The minimum Gasteiger partial charge on any atom is -0.444 e. The Balaban J connectivity index is 1.94. The molecule has 3 aromatic rings. The van der Waals surface area contributed by atoms with Gasteiger partial charge in [0, 0.05) is 17.1 Å². The van der Waals surface area contributed by atoms with Crippen LogP contribution in [0.25, 0.3) is 20.7 Å². The third-order valence-corrected chi connectivity index (χ3v) is 5.01. The number of amides is 1. The Morgan fingerprint density at radius 3 is 2.79 bits per heavy atom. The molecule has 0 aliphatic heterocycles. The highest BCUT2D eigenvalue weighted by Crippen LogP contribution is 2.31. The highest BCUT2D eigenvalue weighted by atomic mass is 32.1. The predicted molar refractivity (Wildman–Crippen MR) is 106 cm³/mol. The van der Waals surface area contributed by atoms with Gasteiger partial charge in [-0.2, -0.15) is 4.39 Å². The van der Waals surface area contributed by atoms with Crippen LogP contribution >= 0.6 is 11.3 Å². The first kappa shape index (κ1) is 19.9. The summed E-state index contributed by atoms with van der Waals surface area (Å²) >= 11 is 1.22. The van der Waals surface area contributed by atoms with Crippen LogP contribution in [0.4, 0.5) is 9.18 Å². The van der Waals surface area contributed by atoms with E-state index in [-0.39, 0.29) is 5.56 Å². The Kier molecular flexibility index (Phi) is 5.46. The van der Waals surface area contributed by atoms with Crippen molar-refractivity contribution in [1.29, 1.82) is 0 Å². The molecular formula is C19H21FN4O3S. The number of aromatic amines is 1. The van der Waals surface area contributed by atoms with Crippen molar-refractivity contribution in [3.8, 4) is 10.4 Å². The molecule has 0 aliphatic rings. The standard InChI is InChI=1S/C19H21FN4O3S/c1-5-11(23-18(26)27-19(2,3)4)16-22-12-9-13(28-15(12)17(25)24-16)10-6-7-21-14(20)8-10/h6-9,11H,5H2,1-4H3,(H,23,26)(H,22,24,25)/t11-/m0/s1. The summed E-state index contributed by atoms with van der Waals surface area (Å²) in [7, 11) is 0. The van der Waals surface area contributed by atoms with Gasteiger partial charge in [-0.3, -0.25) is 4.79 Å². The zero-order valence-electron chi connectivity index (χ0n) is 16.0. The lowest BCUT2D eigenvalue weighted by Gasteiger charge is -2.22. The SMILES string of the molecule is CC[C@H](NC(=O)OC(C)(C)C)c1nc2cc(-c3ccnc(F)c3)sc2c(=O)[nH]1. The Hall–Kier alpha value is -2.81. The Morgan fingerprint density at radius 2 is 2.14 bits per heavy atom. The highest BCUT2D eigenvalue weighted by molar-refractivity contribution is 7.22. The fraction of sp³-hybridized carbons (Fsp3) is 0.368. The Morgan fingerprint density at radius 1 is 1.39 bits per heavy atom. The van der Waals surface area contributed by atoms with Crippen molar-refractivity contribution in [3.05, 3.63) is 46.5 Å². The molecule has 0 bridgehead atoms. The minimum absolute atomic E-state index is 0.310. The summed E-state index contributed by atoms with van der Waals surface area (Å²) in [5.41, 5.74) is 0.167. The zero-order valence-corrected chi connectivity index (χ0v) is 16.8. The van der Waals surface area contributed by atoms with Crippen molar-refractivity contribution >= 4 is 27.6 Å². The first-order valence-electron chi connectivity index (χ1n) is 8.81. The molecule has 148 valence electrons. The van der Waals surface area contributed by atoms with Crippen LogP contribution in [0.2, 0.25) is 0 Å². The van der Waals surface area contributed by atoms with E-state index in [1.165, 1.54) is 23.6 Å². The van der Waals surface area contributed by atoms with E-state index in [2.05, 4.69) is 20.3 Å². The quantitative estimate of drug-likeness (QED) is 0.637. The van der Waals surface area contributed by atoms with Gasteiger partial charge in [-0.1, -0.05) is 6.92 Å². The molecule has 2 N–H and O–H groups in total. The van der Waals surface area contributed by atoms with Gasteiger partial charge in [-0.05, 0) is 44.9 Å². The first-order valence-corrected chi connectivity index (χ1v) is 9.63. The number of thiophene rings is 1. The average Bonchev–Trinajstić information content (AvgIpc) is 3.03. The Labute approximate surface area is 165 Å². The van der Waals surface area contributed by atoms with Crippen molar-refractivity contribution in [1.82, 2.24) is 20.3 Å². The molecule has 0 radical (unpaired) electrons. The minimum atomic E-state index is -0.630. The van der Waals surface area contributed by atoms with Gasteiger partial charge < -0.3 is 15.0 Å². The number of nitrogens with one attached hydrogen (secondary N) is 2. The molecule has 0 aliphatic carbocycles. The number of alkyl carbamates (subject to hydrolysis) is 1. The van der Waals surface area contributed by atoms with Crippen molar-refractivity contribution in [2.45, 2.75) is 45.8 Å². The molecule has 0 unspecified atom stereocenters. The molecule has 3 heterocycles. The fourth-order valence-electron chi connectivity index (χ4n) is 2.63. The smallest absolute Gasteiger partial charge is 0.408 e. The number of rotatable bonds is 4. The van der Waals surface area contributed by atoms with E-state index in [4.69, 9.17) is 4.74 Å². The predicted octanol–water partition coefficient (Wildman–Crippen LogP) is 4.16. The summed E-state index contributed by atoms with van der Waals surface area (Å²) in [5.74, 6) is -0.249. The molecule has 0 saturated carbocycles. The molecule has 28 heavy (non-hydrogen) atoms. The van der Waals surface area contributed by atoms with Crippen LogP contribution < -0.4 is 10.9 Å². The van der Waals surface area contributed by atoms with E-state index in [1.807, 2.05) is 6.92 Å². The third kappa shape index (κ3) is 4.53. The number of hydrogen-bond donors (Lipinski definition) is 2. The number of carbonyl (C=O) groups excluding carboxylic acids is 1. The fourth-order valence-corrected chi connectivity index (χ4v) is 3.62. The van der Waals surface area contributed by atoms with Crippen molar-refractivity contribution in [2.75, 3.05) is 0 Å². The van der Waals surface area contributed by atoms with Crippen LogP contribution in [0.5, 0.6) is 0 Å². The number of aromatic nitrogens is 3. The van der Waals surface area contributed by atoms with E-state index in [0.29, 0.717) is 32.9 Å². The van der Waals surface area contributed by atoms with Crippen LogP contribution in [-0.2, 0) is 4.74 Å². The van der Waals surface area contributed by atoms with E-state index in [1.54, 1.807) is 32.9 Å². The topological polar surface area (TPSA) is 97.0 Å². The number of hydrogen-bond acceptors (Lipinski definition) is 6. The largest absolute Gasteiger partial charge is 0.444 e. The van der Waals surface area contributed by atoms with Gasteiger partial charge in [-0.25, -0.2) is 14.8 Å². The summed E-state index contributed by atoms with van der Waals surface area (Å²) in [4.78, 5) is 36.1. The average molecular weight is 404 g/mol. The monoisotopic (exact) mass is 404 g/mol. The van der Waals surface area contributed by atoms with Gasteiger partial charge in [-0.15, -0.1) is 11.3 Å². The number of halogens is 1. The molecular weight excluding hydrogens is 383 g/mol. The molecule has 9 heteroatoms. The highest BCUT2D eigenvalue weighted by Gasteiger charge is 2.22. The summed E-state index contributed by atoms with van der Waals surface area (Å²) in [6, 6.07) is 4.20. The number of nitrogens with zero attached hydrogens (tertiary/aromatic N) is 2. The van der Waals surface area contributed by atoms with E-state index in [0.717, 1.165) is 0 Å². The van der Waals surface area contributed by atoms with Crippen molar-refractivity contribution in [3.63, 3.8) is 0 Å². The van der Waals surface area contributed by atoms with Crippen LogP contribution in [0.3, 0.4) is 0 Å². The first-order chi connectivity index (χ1) is 13.2. The maximum absolute atomic E-state index is 13.4. The molecule has 0 spiro atoms. The van der Waals surface area contributed by atoms with Gasteiger partial charge in [0.2, 0.25) is 5.95 Å². The van der Waals surface area contributed by atoms with Gasteiger partial charge in [0.15, 0.2) is 0 Å². The van der Waals surface area contributed by atoms with Crippen molar-refractivity contribution in [2.24, 2.45) is 0 Å². The maximum Gasteiger partial charge on any atom is 0.408 e. The molecule has 0 fully saturated rings. The number of ether oxygens (including phenoxy) is 1. The summed E-state index contributed by atoms with van der Waals surface area (Å²) in [6.07, 6.45) is 1.30. The molecule has 7 nitrogen and oxygen atoms in total. The molecule has 3 rings (SSSR count). The normalized spacial score (nSPS) is 12.8. The second-order valence-corrected chi connectivity index (χ2v) is 8.30. The molecule has 1 amide bonds. The number of carbonyl (C=O) groups is 1. The second kappa shape index (κ2) is 7.67. The lowest BCUT2D eigenvalue weighted by molar-refractivity contribution is 0.0499. The molecule has 0 aromatic carbocycles. The number of fused-ring (bicyclic) bond motifs is 1. The zero-order chi connectivity index (χ0) is 20.5. The summed E-state index contributed by atoms with van der Waals surface area (Å²) in [5, 5.41) is 2.73. The molecule has 3 aromatic heterocycles. The Bertz CT molecular complexity index is 1070. The lowest BCUT2D eigenvalue weighted by Crippen LogP contribution is -2.36. The third-order valence-electron chi connectivity index (χ3n) is 3.84. The van der Waals surface area contributed by atoms with Gasteiger partial charge >= 0.3 is 6.09 Å².